The van der Waals surface area contributed by atoms with Crippen LogP contribution in [0.5, 0.6) is 0 Å². The number of rotatable bonds is 4. The Kier molecular flexibility index (Phi) is 3.55. The molecule has 1 heterocycles. The van der Waals surface area contributed by atoms with E-state index in [0.717, 1.165) is 11.1 Å². The minimum absolute atomic E-state index is 0.0322. The van der Waals surface area contributed by atoms with Crippen LogP contribution < -0.4 is 5.32 Å². The number of benzene rings is 1. The van der Waals surface area contributed by atoms with Crippen LogP contribution in [-0.4, -0.2) is 22.2 Å². The van der Waals surface area contributed by atoms with Crippen LogP contribution in [0.25, 0.3) is 0 Å². The zero-order chi connectivity index (χ0) is 12.1. The van der Waals surface area contributed by atoms with Crippen molar-refractivity contribution in [3.8, 4) is 0 Å². The third-order valence-corrected chi connectivity index (χ3v) is 2.58. The predicted molar refractivity (Wildman–Crippen MR) is 65.7 cm³/mol. The molecule has 0 atom stereocenters. The average Bonchev–Trinajstić information content (AvgIpc) is 2.82. The minimum Gasteiger partial charge on any atom is -0.350 e. The molecular formula is C13H15N3O. The molecule has 4 nitrogen and oxygen atoms in total. The Balaban J connectivity index is 1.88. The molecule has 0 aliphatic heterocycles. The predicted octanol–water partition coefficient (Wildman–Crippen LogP) is 1.62. The van der Waals surface area contributed by atoms with E-state index in [1.54, 1.807) is 10.9 Å². The molecule has 4 heteroatoms. The first-order chi connectivity index (χ1) is 8.27. The molecule has 0 aliphatic carbocycles. The maximum absolute atomic E-state index is 11.9. The second-order valence-electron chi connectivity index (χ2n) is 3.84. The summed E-state index contributed by atoms with van der Waals surface area (Å²) in [5.41, 5.74) is 1.72. The fourth-order valence-electron chi connectivity index (χ4n) is 1.64. The van der Waals surface area contributed by atoms with Crippen LogP contribution in [-0.2, 0) is 6.54 Å². The van der Waals surface area contributed by atoms with Gasteiger partial charge in [0.2, 0.25) is 0 Å². The molecule has 1 amide bonds. The first-order valence-electron chi connectivity index (χ1n) is 5.58. The second kappa shape index (κ2) is 5.30. The minimum atomic E-state index is -0.0322. The molecule has 1 aromatic carbocycles. The highest BCUT2D eigenvalue weighted by Crippen LogP contribution is 2.06. The average molecular weight is 229 g/mol. The molecule has 0 unspecified atom stereocenters. The summed E-state index contributed by atoms with van der Waals surface area (Å²) < 4.78 is 1.79. The number of nitrogens with one attached hydrogen (secondary N) is 1. The van der Waals surface area contributed by atoms with Crippen LogP contribution in [0.2, 0.25) is 0 Å². The van der Waals surface area contributed by atoms with Gasteiger partial charge in [0.25, 0.3) is 5.91 Å². The van der Waals surface area contributed by atoms with E-state index < -0.39 is 0 Å². The van der Waals surface area contributed by atoms with E-state index in [4.69, 9.17) is 0 Å². The summed E-state index contributed by atoms with van der Waals surface area (Å²) in [5, 5.41) is 6.95. The first-order valence-corrected chi connectivity index (χ1v) is 5.58. The lowest BCUT2D eigenvalue weighted by Gasteiger charge is -2.07. The van der Waals surface area contributed by atoms with Crippen molar-refractivity contribution in [2.24, 2.45) is 0 Å². The Labute approximate surface area is 100 Å². The fourth-order valence-corrected chi connectivity index (χ4v) is 1.64. The zero-order valence-electron chi connectivity index (χ0n) is 9.76. The van der Waals surface area contributed by atoms with Crippen molar-refractivity contribution >= 4 is 5.91 Å². The van der Waals surface area contributed by atoms with Gasteiger partial charge in [0, 0.05) is 24.5 Å². The van der Waals surface area contributed by atoms with Gasteiger partial charge in [-0.1, -0.05) is 18.2 Å². The molecular weight excluding hydrogens is 214 g/mol. The van der Waals surface area contributed by atoms with E-state index in [1.165, 1.54) is 0 Å². The Bertz CT molecular complexity index is 491. The molecule has 0 fully saturated rings. The third-order valence-electron chi connectivity index (χ3n) is 2.58. The van der Waals surface area contributed by atoms with Gasteiger partial charge < -0.3 is 5.32 Å². The highest BCUT2D eigenvalue weighted by molar-refractivity contribution is 5.95. The monoisotopic (exact) mass is 229 g/mol. The highest BCUT2D eigenvalue weighted by atomic mass is 16.1. The van der Waals surface area contributed by atoms with Gasteiger partial charge in [-0.15, -0.1) is 0 Å². The Morgan fingerprint density at radius 2 is 2.18 bits per heavy atom. The largest absolute Gasteiger partial charge is 0.350 e. The molecule has 0 saturated carbocycles. The lowest BCUT2D eigenvalue weighted by Crippen LogP contribution is -2.27. The first kappa shape index (κ1) is 11.4. The van der Waals surface area contributed by atoms with Gasteiger partial charge in [0.15, 0.2) is 0 Å². The molecule has 0 saturated heterocycles. The van der Waals surface area contributed by atoms with Gasteiger partial charge in [-0.05, 0) is 24.6 Å². The molecule has 0 bridgehead atoms. The van der Waals surface area contributed by atoms with Crippen LogP contribution in [0.4, 0.5) is 0 Å². The molecule has 2 aromatic rings. The number of hydrogen-bond donors (Lipinski definition) is 1. The number of nitrogens with zero attached hydrogens (tertiary/aromatic N) is 2. The van der Waals surface area contributed by atoms with Gasteiger partial charge in [-0.25, -0.2) is 0 Å². The lowest BCUT2D eigenvalue weighted by atomic mass is 10.1. The maximum atomic E-state index is 11.9. The SMILES string of the molecule is Cc1ccccc1C(=O)NCCn1cccn1. The van der Waals surface area contributed by atoms with Crippen LogP contribution >= 0.6 is 0 Å². The third kappa shape index (κ3) is 2.93. The van der Waals surface area contributed by atoms with Crippen molar-refractivity contribution in [2.75, 3.05) is 6.54 Å². The highest BCUT2D eigenvalue weighted by Gasteiger charge is 2.06. The lowest BCUT2D eigenvalue weighted by molar-refractivity contribution is 0.0951. The molecule has 88 valence electrons. The van der Waals surface area contributed by atoms with Crippen molar-refractivity contribution < 1.29 is 4.79 Å². The number of aromatic nitrogens is 2. The summed E-state index contributed by atoms with van der Waals surface area (Å²) in [4.78, 5) is 11.9. The standard InChI is InChI=1S/C13H15N3O/c1-11-5-2-3-6-12(11)13(17)14-8-10-16-9-4-7-15-16/h2-7,9H,8,10H2,1H3,(H,14,17). The molecule has 0 spiro atoms. The van der Waals surface area contributed by atoms with E-state index in [0.29, 0.717) is 13.1 Å². The van der Waals surface area contributed by atoms with E-state index in [9.17, 15) is 4.79 Å². The van der Waals surface area contributed by atoms with Crippen LogP contribution in [0.15, 0.2) is 42.7 Å². The number of aryl methyl sites for hydroxylation is 1. The maximum Gasteiger partial charge on any atom is 0.251 e. The summed E-state index contributed by atoms with van der Waals surface area (Å²) in [6.45, 7) is 3.20. The van der Waals surface area contributed by atoms with Gasteiger partial charge in [0.1, 0.15) is 0 Å². The van der Waals surface area contributed by atoms with Crippen LogP contribution in [0.1, 0.15) is 15.9 Å². The summed E-state index contributed by atoms with van der Waals surface area (Å²) in [5.74, 6) is -0.0322. The summed E-state index contributed by atoms with van der Waals surface area (Å²) in [6.07, 6.45) is 3.60. The number of carbonyl (C=O) groups excluding carboxylic acids is 1. The van der Waals surface area contributed by atoms with Crippen LogP contribution in [0.3, 0.4) is 0 Å². The van der Waals surface area contributed by atoms with E-state index in [2.05, 4.69) is 10.4 Å². The smallest absolute Gasteiger partial charge is 0.251 e. The van der Waals surface area contributed by atoms with E-state index in [1.807, 2.05) is 43.5 Å². The molecule has 17 heavy (non-hydrogen) atoms. The van der Waals surface area contributed by atoms with Crippen LogP contribution in [0, 0.1) is 6.92 Å². The van der Waals surface area contributed by atoms with Crippen molar-refractivity contribution in [2.45, 2.75) is 13.5 Å². The Hall–Kier alpha value is -2.10. The fraction of sp³-hybridized carbons (Fsp3) is 0.231. The van der Waals surface area contributed by atoms with Gasteiger partial charge in [0.05, 0.1) is 6.54 Å². The normalized spacial score (nSPS) is 10.2. The Morgan fingerprint density at radius 1 is 1.35 bits per heavy atom. The topological polar surface area (TPSA) is 46.9 Å². The van der Waals surface area contributed by atoms with E-state index in [-0.39, 0.29) is 5.91 Å². The Morgan fingerprint density at radius 3 is 2.88 bits per heavy atom. The molecule has 0 aliphatic rings. The van der Waals surface area contributed by atoms with Gasteiger partial charge in [-0.3, -0.25) is 9.48 Å². The molecule has 1 N–H and O–H groups in total. The number of carbonyl (C=O) groups is 1. The number of hydrogen-bond acceptors (Lipinski definition) is 2. The van der Waals surface area contributed by atoms with E-state index >= 15 is 0 Å². The summed E-state index contributed by atoms with van der Waals surface area (Å²) in [6, 6.07) is 9.43. The molecule has 1 aromatic heterocycles. The van der Waals surface area contributed by atoms with Gasteiger partial charge in [-0.2, -0.15) is 5.10 Å². The van der Waals surface area contributed by atoms with Gasteiger partial charge >= 0.3 is 0 Å². The van der Waals surface area contributed by atoms with Crippen molar-refractivity contribution in [1.29, 1.82) is 0 Å². The zero-order valence-corrected chi connectivity index (χ0v) is 9.76. The summed E-state index contributed by atoms with van der Waals surface area (Å²) in [7, 11) is 0. The molecule has 2 rings (SSSR count). The quantitative estimate of drug-likeness (QED) is 0.866. The van der Waals surface area contributed by atoms with Crippen molar-refractivity contribution in [3.05, 3.63) is 53.9 Å². The van der Waals surface area contributed by atoms with Crippen molar-refractivity contribution in [1.82, 2.24) is 15.1 Å². The van der Waals surface area contributed by atoms with Crippen molar-refractivity contribution in [3.63, 3.8) is 0 Å². The summed E-state index contributed by atoms with van der Waals surface area (Å²) >= 11 is 0. The molecule has 0 radical (unpaired) electrons. The second-order valence-corrected chi connectivity index (χ2v) is 3.84. The number of amides is 1.